The topological polar surface area (TPSA) is 58.1 Å². The first-order valence-corrected chi connectivity index (χ1v) is 9.57. The molecule has 0 aromatic carbocycles. The summed E-state index contributed by atoms with van der Waals surface area (Å²) in [4.78, 5) is 24.8. The Morgan fingerprint density at radius 1 is 1.28 bits per heavy atom. The van der Waals surface area contributed by atoms with Gasteiger partial charge in [0.05, 0.1) is 11.7 Å². The molecule has 132 valence electrons. The first kappa shape index (κ1) is 16.5. The Kier molecular flexibility index (Phi) is 3.65. The van der Waals surface area contributed by atoms with Crippen LogP contribution in [0.15, 0.2) is 24.5 Å². The lowest BCUT2D eigenvalue weighted by molar-refractivity contribution is -0.0115. The number of hydrogen-bond donors (Lipinski definition) is 1. The van der Waals surface area contributed by atoms with E-state index in [2.05, 4.69) is 38.0 Å². The zero-order chi connectivity index (χ0) is 17.8. The normalized spacial score (nSPS) is 23.0. The van der Waals surface area contributed by atoms with Gasteiger partial charge < -0.3 is 4.90 Å². The number of nitrogens with zero attached hydrogens (tertiary/aromatic N) is 3. The summed E-state index contributed by atoms with van der Waals surface area (Å²) in [5.74, 6) is 0. The average Bonchev–Trinajstić information content (AvgIpc) is 3.06. The Balaban J connectivity index is 1.52. The van der Waals surface area contributed by atoms with Crippen molar-refractivity contribution in [3.8, 4) is 0 Å². The van der Waals surface area contributed by atoms with Crippen molar-refractivity contribution in [1.82, 2.24) is 14.9 Å². The minimum absolute atomic E-state index is 0.0608. The van der Waals surface area contributed by atoms with Crippen LogP contribution in [0.2, 0.25) is 0 Å². The number of carbonyl (C=O) groups is 1. The van der Waals surface area contributed by atoms with Gasteiger partial charge in [-0.2, -0.15) is 0 Å². The van der Waals surface area contributed by atoms with E-state index in [1.165, 1.54) is 4.88 Å². The number of pyridine rings is 1. The fourth-order valence-electron chi connectivity index (χ4n) is 4.10. The molecule has 1 aliphatic heterocycles. The molecule has 3 heterocycles. The van der Waals surface area contributed by atoms with E-state index in [4.69, 9.17) is 4.98 Å². The summed E-state index contributed by atoms with van der Waals surface area (Å²) in [7, 11) is 0. The molecule has 6 heteroatoms. The lowest BCUT2D eigenvalue weighted by Gasteiger charge is -2.54. The predicted octanol–water partition coefficient (Wildman–Crippen LogP) is 4.38. The van der Waals surface area contributed by atoms with Gasteiger partial charge in [0.25, 0.3) is 0 Å². The molecule has 0 bridgehead atoms. The molecule has 0 spiro atoms. The summed E-state index contributed by atoms with van der Waals surface area (Å²) in [6.07, 6.45) is 5.77. The van der Waals surface area contributed by atoms with Gasteiger partial charge in [0.1, 0.15) is 0 Å². The maximum absolute atomic E-state index is 12.8. The van der Waals surface area contributed by atoms with Crippen LogP contribution in [0, 0.1) is 5.41 Å². The fourth-order valence-corrected chi connectivity index (χ4v) is 5.23. The van der Waals surface area contributed by atoms with E-state index < -0.39 is 0 Å². The Hall–Kier alpha value is -1.95. The van der Waals surface area contributed by atoms with E-state index in [1.807, 2.05) is 17.0 Å². The smallest absolute Gasteiger partial charge is 0.316 e. The summed E-state index contributed by atoms with van der Waals surface area (Å²) in [6.45, 7) is 9.58. The lowest BCUT2D eigenvalue weighted by atomic mass is 9.72. The third kappa shape index (κ3) is 2.72. The van der Waals surface area contributed by atoms with Gasteiger partial charge in [0.15, 0.2) is 5.13 Å². The molecular formula is C19H24N4OS. The summed E-state index contributed by atoms with van der Waals surface area (Å²) in [5, 5.41) is 3.75. The van der Waals surface area contributed by atoms with Gasteiger partial charge in [-0.25, -0.2) is 9.78 Å². The van der Waals surface area contributed by atoms with Crippen molar-refractivity contribution in [2.45, 2.75) is 52.0 Å². The van der Waals surface area contributed by atoms with Crippen LogP contribution < -0.4 is 5.32 Å². The van der Waals surface area contributed by atoms with E-state index in [-0.39, 0.29) is 22.9 Å². The Labute approximate surface area is 152 Å². The SMILES string of the molecule is CC1(C)CCc2sc(NC(=O)N3CC(C)(C)C3c3ccncc3)nc21. The highest BCUT2D eigenvalue weighted by Gasteiger charge is 2.49. The Morgan fingerprint density at radius 3 is 2.64 bits per heavy atom. The number of carbonyl (C=O) groups excluding carboxylic acids is 1. The molecule has 1 aliphatic carbocycles. The van der Waals surface area contributed by atoms with Crippen molar-refractivity contribution in [3.05, 3.63) is 40.7 Å². The maximum atomic E-state index is 12.8. The quantitative estimate of drug-likeness (QED) is 0.869. The van der Waals surface area contributed by atoms with E-state index in [1.54, 1.807) is 23.7 Å². The molecule has 4 rings (SSSR count). The molecule has 1 fully saturated rings. The summed E-state index contributed by atoms with van der Waals surface area (Å²) < 4.78 is 0. The highest BCUT2D eigenvalue weighted by molar-refractivity contribution is 7.16. The van der Waals surface area contributed by atoms with Crippen LogP contribution in [0.1, 0.15) is 56.3 Å². The third-order valence-electron chi connectivity index (χ3n) is 5.44. The second kappa shape index (κ2) is 5.53. The summed E-state index contributed by atoms with van der Waals surface area (Å²) >= 11 is 1.62. The van der Waals surface area contributed by atoms with Gasteiger partial charge in [0, 0.05) is 34.6 Å². The molecule has 1 saturated heterocycles. The molecule has 2 aromatic heterocycles. The van der Waals surface area contributed by atoms with Crippen LogP contribution in [0.4, 0.5) is 9.93 Å². The largest absolute Gasteiger partial charge is 0.324 e. The second-order valence-electron chi connectivity index (χ2n) is 8.40. The standard InChI is InChI=1S/C19H24N4OS/c1-18(2)8-5-13-14(18)21-16(25-13)22-17(24)23-11-19(3,4)15(23)12-6-9-20-10-7-12/h6-7,9-10,15H,5,8,11H2,1-4H3,(H,21,22,24). The van der Waals surface area contributed by atoms with Crippen molar-refractivity contribution in [1.29, 1.82) is 0 Å². The molecule has 1 N–H and O–H groups in total. The van der Waals surface area contributed by atoms with E-state index in [9.17, 15) is 4.79 Å². The number of thiazole rings is 1. The number of anilines is 1. The van der Waals surface area contributed by atoms with Crippen molar-refractivity contribution >= 4 is 22.5 Å². The molecule has 0 radical (unpaired) electrons. The van der Waals surface area contributed by atoms with Gasteiger partial charge in [-0.3, -0.25) is 10.3 Å². The van der Waals surface area contributed by atoms with Crippen molar-refractivity contribution in [2.24, 2.45) is 5.41 Å². The van der Waals surface area contributed by atoms with Gasteiger partial charge in [-0.05, 0) is 30.5 Å². The van der Waals surface area contributed by atoms with Crippen LogP contribution >= 0.6 is 11.3 Å². The van der Waals surface area contributed by atoms with Gasteiger partial charge in [-0.15, -0.1) is 11.3 Å². The molecule has 2 aromatic rings. The maximum Gasteiger partial charge on any atom is 0.324 e. The Morgan fingerprint density at radius 2 is 2.00 bits per heavy atom. The minimum Gasteiger partial charge on any atom is -0.316 e. The second-order valence-corrected chi connectivity index (χ2v) is 9.49. The monoisotopic (exact) mass is 356 g/mol. The molecule has 2 aliphatic rings. The molecule has 25 heavy (non-hydrogen) atoms. The van der Waals surface area contributed by atoms with Gasteiger partial charge in [-0.1, -0.05) is 27.7 Å². The third-order valence-corrected chi connectivity index (χ3v) is 6.47. The molecule has 1 unspecified atom stereocenters. The fraction of sp³-hybridized carbons (Fsp3) is 0.526. The first-order chi connectivity index (χ1) is 11.8. The number of likely N-dealkylation sites (tertiary alicyclic amines) is 1. The molecule has 1 atom stereocenters. The number of aryl methyl sites for hydroxylation is 1. The van der Waals surface area contributed by atoms with E-state index >= 15 is 0 Å². The first-order valence-electron chi connectivity index (χ1n) is 8.76. The van der Waals surface area contributed by atoms with Crippen LogP contribution in [0.5, 0.6) is 0 Å². The predicted molar refractivity (Wildman–Crippen MR) is 99.9 cm³/mol. The highest BCUT2D eigenvalue weighted by atomic mass is 32.1. The van der Waals surface area contributed by atoms with Crippen LogP contribution in [-0.2, 0) is 11.8 Å². The van der Waals surface area contributed by atoms with Crippen molar-refractivity contribution < 1.29 is 4.79 Å². The number of fused-ring (bicyclic) bond motifs is 1. The highest BCUT2D eigenvalue weighted by Crippen LogP contribution is 2.48. The van der Waals surface area contributed by atoms with Gasteiger partial charge >= 0.3 is 6.03 Å². The molecule has 0 saturated carbocycles. The minimum atomic E-state index is -0.0635. The number of hydrogen-bond acceptors (Lipinski definition) is 4. The van der Waals surface area contributed by atoms with Crippen molar-refractivity contribution in [3.63, 3.8) is 0 Å². The van der Waals surface area contributed by atoms with Crippen LogP contribution in [0.3, 0.4) is 0 Å². The molecular weight excluding hydrogens is 332 g/mol. The molecule has 5 nitrogen and oxygen atoms in total. The summed E-state index contributed by atoms with van der Waals surface area (Å²) in [5.41, 5.74) is 2.46. The zero-order valence-electron chi connectivity index (χ0n) is 15.2. The van der Waals surface area contributed by atoms with Crippen molar-refractivity contribution in [2.75, 3.05) is 11.9 Å². The number of aromatic nitrogens is 2. The van der Waals surface area contributed by atoms with Crippen LogP contribution in [-0.4, -0.2) is 27.4 Å². The average molecular weight is 356 g/mol. The van der Waals surface area contributed by atoms with E-state index in [0.29, 0.717) is 0 Å². The Bertz CT molecular complexity index is 812. The van der Waals surface area contributed by atoms with Gasteiger partial charge in [0.2, 0.25) is 0 Å². The van der Waals surface area contributed by atoms with E-state index in [0.717, 1.165) is 35.8 Å². The zero-order valence-corrected chi connectivity index (χ0v) is 16.0. The number of rotatable bonds is 2. The number of amides is 2. The number of nitrogens with one attached hydrogen (secondary N) is 1. The lowest BCUT2D eigenvalue weighted by Crippen LogP contribution is -2.59. The number of urea groups is 1. The summed E-state index contributed by atoms with van der Waals surface area (Å²) in [6, 6.07) is 3.99. The van der Waals surface area contributed by atoms with Crippen LogP contribution in [0.25, 0.3) is 0 Å². The molecule has 2 amide bonds.